The predicted molar refractivity (Wildman–Crippen MR) is 52.7 cm³/mol. The molecule has 1 nitrogen and oxygen atoms in total. The molecule has 0 spiro atoms. The summed E-state index contributed by atoms with van der Waals surface area (Å²) in [7, 11) is 0. The van der Waals surface area contributed by atoms with E-state index in [1.54, 1.807) is 0 Å². The molecule has 62 valence electrons. The van der Waals surface area contributed by atoms with Crippen LogP contribution in [0, 0.1) is 11.8 Å². The molecule has 0 fully saturated rings. The number of aliphatic hydroxyl groups is 1. The molecule has 0 aromatic heterocycles. The maximum absolute atomic E-state index is 8.50. The minimum Gasteiger partial charge on any atom is -0.395 e. The van der Waals surface area contributed by atoms with Crippen molar-refractivity contribution in [1.29, 1.82) is 0 Å². The highest BCUT2D eigenvalue weighted by atomic mass is 79.9. The van der Waals surface area contributed by atoms with E-state index in [4.69, 9.17) is 5.11 Å². The van der Waals surface area contributed by atoms with Crippen LogP contribution in [0.25, 0.3) is 0 Å². The van der Waals surface area contributed by atoms with Crippen LogP contribution in [-0.2, 0) is 0 Å². The molecule has 1 aromatic rings. The van der Waals surface area contributed by atoms with Gasteiger partial charge in [0.2, 0.25) is 0 Å². The molecule has 12 heavy (non-hydrogen) atoms. The topological polar surface area (TPSA) is 20.2 Å². The van der Waals surface area contributed by atoms with Gasteiger partial charge in [-0.05, 0) is 28.1 Å². The van der Waals surface area contributed by atoms with Crippen LogP contribution in [0.1, 0.15) is 12.0 Å². The minimum absolute atomic E-state index is 0.122. The first-order valence-corrected chi connectivity index (χ1v) is 4.48. The zero-order valence-corrected chi connectivity index (χ0v) is 8.13. The van der Waals surface area contributed by atoms with E-state index in [1.807, 2.05) is 24.3 Å². The molecular formula is C10H9BrO. The van der Waals surface area contributed by atoms with Crippen LogP contribution < -0.4 is 0 Å². The smallest absolute Gasteiger partial charge is 0.0540 e. The third kappa shape index (κ3) is 2.69. The molecule has 1 N–H and O–H groups in total. The van der Waals surface area contributed by atoms with Gasteiger partial charge in [0.1, 0.15) is 0 Å². The van der Waals surface area contributed by atoms with E-state index in [2.05, 4.69) is 27.8 Å². The third-order valence-corrected chi connectivity index (χ3v) is 2.03. The number of aliphatic hydroxyl groups excluding tert-OH is 1. The first-order valence-electron chi connectivity index (χ1n) is 3.69. The molecule has 0 aliphatic carbocycles. The van der Waals surface area contributed by atoms with E-state index in [9.17, 15) is 0 Å². The maximum atomic E-state index is 8.50. The van der Waals surface area contributed by atoms with E-state index < -0.39 is 0 Å². The molecule has 0 heterocycles. The van der Waals surface area contributed by atoms with Gasteiger partial charge in [-0.25, -0.2) is 0 Å². The molecule has 0 saturated carbocycles. The Morgan fingerprint density at radius 2 is 2.08 bits per heavy atom. The Hall–Kier alpha value is -0.780. The second-order valence-corrected chi connectivity index (χ2v) is 3.11. The van der Waals surface area contributed by atoms with Gasteiger partial charge >= 0.3 is 0 Å². The first-order chi connectivity index (χ1) is 5.84. The van der Waals surface area contributed by atoms with Crippen LogP contribution in [0.5, 0.6) is 0 Å². The highest BCUT2D eigenvalue weighted by Gasteiger charge is 1.91. The van der Waals surface area contributed by atoms with Crippen molar-refractivity contribution in [3.05, 3.63) is 34.3 Å². The zero-order valence-electron chi connectivity index (χ0n) is 6.55. The fraction of sp³-hybridized carbons (Fsp3) is 0.200. The lowest BCUT2D eigenvalue weighted by molar-refractivity contribution is 0.305. The molecule has 0 atom stereocenters. The van der Waals surface area contributed by atoms with Gasteiger partial charge < -0.3 is 5.11 Å². The van der Waals surface area contributed by atoms with Gasteiger partial charge in [0, 0.05) is 16.5 Å². The van der Waals surface area contributed by atoms with Crippen molar-refractivity contribution in [1.82, 2.24) is 0 Å². The van der Waals surface area contributed by atoms with Crippen LogP contribution in [0.2, 0.25) is 0 Å². The SMILES string of the molecule is OCCC#Cc1ccccc1Br. The highest BCUT2D eigenvalue weighted by molar-refractivity contribution is 9.10. The summed E-state index contributed by atoms with van der Waals surface area (Å²) in [6.45, 7) is 0.122. The summed E-state index contributed by atoms with van der Waals surface area (Å²) in [4.78, 5) is 0. The largest absolute Gasteiger partial charge is 0.395 e. The van der Waals surface area contributed by atoms with Gasteiger partial charge in [0.25, 0.3) is 0 Å². The first kappa shape index (κ1) is 9.31. The average Bonchev–Trinajstić information content (AvgIpc) is 2.09. The molecule has 0 amide bonds. The molecule has 0 aliphatic rings. The fourth-order valence-electron chi connectivity index (χ4n) is 0.776. The fourth-order valence-corrected chi connectivity index (χ4v) is 1.16. The minimum atomic E-state index is 0.122. The van der Waals surface area contributed by atoms with Crippen LogP contribution in [0.4, 0.5) is 0 Å². The second kappa shape index (κ2) is 4.97. The lowest BCUT2D eigenvalue weighted by Crippen LogP contribution is -1.78. The molecule has 0 saturated heterocycles. The number of benzene rings is 1. The molecule has 0 radical (unpaired) electrons. The van der Waals surface area contributed by atoms with Gasteiger partial charge in [0.05, 0.1) is 6.61 Å². The summed E-state index contributed by atoms with van der Waals surface area (Å²) in [5.74, 6) is 5.82. The maximum Gasteiger partial charge on any atom is 0.0540 e. The van der Waals surface area contributed by atoms with Crippen molar-refractivity contribution in [2.24, 2.45) is 0 Å². The Bertz CT molecular complexity index is 309. The number of hydrogen-bond acceptors (Lipinski definition) is 1. The van der Waals surface area contributed by atoms with Gasteiger partial charge in [-0.1, -0.05) is 24.0 Å². The van der Waals surface area contributed by atoms with Gasteiger partial charge in [-0.2, -0.15) is 0 Å². The van der Waals surface area contributed by atoms with Gasteiger partial charge in [-0.3, -0.25) is 0 Å². The van der Waals surface area contributed by atoms with Crippen molar-refractivity contribution in [2.75, 3.05) is 6.61 Å². The molecule has 1 rings (SSSR count). The number of hydrogen-bond donors (Lipinski definition) is 1. The van der Waals surface area contributed by atoms with Crippen LogP contribution in [0.3, 0.4) is 0 Å². The summed E-state index contributed by atoms with van der Waals surface area (Å²) in [5.41, 5.74) is 0.964. The quantitative estimate of drug-likeness (QED) is 0.726. The van der Waals surface area contributed by atoms with Crippen molar-refractivity contribution >= 4 is 15.9 Å². The van der Waals surface area contributed by atoms with Crippen LogP contribution >= 0.6 is 15.9 Å². The predicted octanol–water partition coefficient (Wildman–Crippen LogP) is 2.18. The Kier molecular flexibility index (Phi) is 3.86. The molecule has 1 aromatic carbocycles. The normalized spacial score (nSPS) is 8.83. The summed E-state index contributed by atoms with van der Waals surface area (Å²) >= 11 is 3.38. The van der Waals surface area contributed by atoms with Crippen LogP contribution in [-0.4, -0.2) is 11.7 Å². The molecule has 0 bridgehead atoms. The zero-order chi connectivity index (χ0) is 8.81. The standard InChI is InChI=1S/C10H9BrO/c11-10-7-2-1-5-9(10)6-3-4-8-12/h1-2,5,7,12H,4,8H2. The Morgan fingerprint density at radius 1 is 1.33 bits per heavy atom. The monoisotopic (exact) mass is 224 g/mol. The second-order valence-electron chi connectivity index (χ2n) is 2.26. The summed E-state index contributed by atoms with van der Waals surface area (Å²) in [6, 6.07) is 7.77. The molecule has 2 heteroatoms. The lowest BCUT2D eigenvalue weighted by Gasteiger charge is -1.92. The number of rotatable bonds is 1. The van der Waals surface area contributed by atoms with E-state index in [0.717, 1.165) is 10.0 Å². The van der Waals surface area contributed by atoms with Gasteiger partial charge in [0.15, 0.2) is 0 Å². The van der Waals surface area contributed by atoms with Crippen molar-refractivity contribution in [3.8, 4) is 11.8 Å². The van der Waals surface area contributed by atoms with E-state index in [-0.39, 0.29) is 6.61 Å². The summed E-state index contributed by atoms with van der Waals surface area (Å²) in [5, 5.41) is 8.50. The number of halogens is 1. The average molecular weight is 225 g/mol. The van der Waals surface area contributed by atoms with E-state index in [0.29, 0.717) is 6.42 Å². The Labute approximate surface area is 80.6 Å². The Balaban J connectivity index is 2.77. The van der Waals surface area contributed by atoms with E-state index in [1.165, 1.54) is 0 Å². The third-order valence-electron chi connectivity index (χ3n) is 1.33. The Morgan fingerprint density at radius 3 is 2.75 bits per heavy atom. The van der Waals surface area contributed by atoms with E-state index >= 15 is 0 Å². The van der Waals surface area contributed by atoms with Gasteiger partial charge in [-0.15, -0.1) is 0 Å². The summed E-state index contributed by atoms with van der Waals surface area (Å²) < 4.78 is 0.996. The van der Waals surface area contributed by atoms with Crippen LogP contribution in [0.15, 0.2) is 28.7 Å². The lowest BCUT2D eigenvalue weighted by atomic mass is 10.2. The van der Waals surface area contributed by atoms with Crippen molar-refractivity contribution < 1.29 is 5.11 Å². The molecular weight excluding hydrogens is 216 g/mol. The van der Waals surface area contributed by atoms with Crippen molar-refractivity contribution in [2.45, 2.75) is 6.42 Å². The highest BCUT2D eigenvalue weighted by Crippen LogP contribution is 2.13. The molecule has 0 aliphatic heterocycles. The summed E-state index contributed by atoms with van der Waals surface area (Å²) in [6.07, 6.45) is 0.529. The van der Waals surface area contributed by atoms with Crippen molar-refractivity contribution in [3.63, 3.8) is 0 Å². The molecule has 0 unspecified atom stereocenters.